The van der Waals surface area contributed by atoms with Crippen LogP contribution in [-0.4, -0.2) is 34.2 Å². The van der Waals surface area contributed by atoms with E-state index in [0.29, 0.717) is 19.0 Å². The van der Waals surface area contributed by atoms with Gasteiger partial charge in [-0.15, -0.1) is 0 Å². The Morgan fingerprint density at radius 3 is 2.55 bits per heavy atom. The number of nitrogens with zero attached hydrogens (tertiary/aromatic N) is 2. The van der Waals surface area contributed by atoms with Gasteiger partial charge in [0, 0.05) is 25.5 Å². The summed E-state index contributed by atoms with van der Waals surface area (Å²) in [5.74, 6) is 0.572. The van der Waals surface area contributed by atoms with Crippen LogP contribution < -0.4 is 0 Å². The van der Waals surface area contributed by atoms with Gasteiger partial charge in [-0.3, -0.25) is 4.98 Å². The summed E-state index contributed by atoms with van der Waals surface area (Å²) in [5.41, 5.74) is 3.71. The molecule has 2 aromatic rings. The minimum Gasteiger partial charge on any atom is -0.465 e. The van der Waals surface area contributed by atoms with Crippen molar-refractivity contribution in [3.63, 3.8) is 0 Å². The Hall–Kier alpha value is -2.36. The molecule has 0 spiro atoms. The highest BCUT2D eigenvalue weighted by Gasteiger charge is 2.22. The van der Waals surface area contributed by atoms with Crippen molar-refractivity contribution in [2.24, 2.45) is 5.92 Å². The van der Waals surface area contributed by atoms with Crippen LogP contribution >= 0.6 is 0 Å². The zero-order valence-corrected chi connectivity index (χ0v) is 12.5. The summed E-state index contributed by atoms with van der Waals surface area (Å²) in [6.07, 6.45) is 5.75. The number of carboxylic acid groups (broad SMARTS) is 1. The molecule has 0 radical (unpaired) electrons. The van der Waals surface area contributed by atoms with E-state index in [1.54, 1.807) is 0 Å². The minimum absolute atomic E-state index is 0.572. The summed E-state index contributed by atoms with van der Waals surface area (Å²) in [5, 5.41) is 9.00. The monoisotopic (exact) mass is 296 g/mol. The number of piperidine rings is 1. The van der Waals surface area contributed by atoms with Crippen molar-refractivity contribution in [2.45, 2.75) is 19.3 Å². The van der Waals surface area contributed by atoms with E-state index in [2.05, 4.69) is 29.2 Å². The Kier molecular flexibility index (Phi) is 4.37. The first kappa shape index (κ1) is 14.6. The minimum atomic E-state index is -0.793. The number of pyridine rings is 1. The third kappa shape index (κ3) is 3.45. The molecule has 114 valence electrons. The second-order valence-corrected chi connectivity index (χ2v) is 5.85. The number of hydrogen-bond donors (Lipinski definition) is 1. The van der Waals surface area contributed by atoms with Crippen LogP contribution in [0.1, 0.15) is 18.4 Å². The van der Waals surface area contributed by atoms with Crippen molar-refractivity contribution in [2.75, 3.05) is 13.1 Å². The summed E-state index contributed by atoms with van der Waals surface area (Å²) in [7, 11) is 0. The molecule has 22 heavy (non-hydrogen) atoms. The highest BCUT2D eigenvalue weighted by Crippen LogP contribution is 2.25. The zero-order chi connectivity index (χ0) is 15.4. The number of rotatable bonds is 3. The van der Waals surface area contributed by atoms with Crippen LogP contribution in [0.4, 0.5) is 4.79 Å². The van der Waals surface area contributed by atoms with Crippen LogP contribution in [0, 0.1) is 5.92 Å². The van der Waals surface area contributed by atoms with E-state index in [-0.39, 0.29) is 0 Å². The lowest BCUT2D eigenvalue weighted by atomic mass is 9.89. The fourth-order valence-corrected chi connectivity index (χ4v) is 3.08. The standard InChI is InChI=1S/C18H20N2O2/c21-18(22)20-10-6-14(7-11-20)12-15-2-1-3-17(13-15)16-4-8-19-9-5-16/h1-5,8-9,13-14H,6-7,10-12H2,(H,21,22). The predicted molar refractivity (Wildman–Crippen MR) is 85.7 cm³/mol. The first-order valence-corrected chi connectivity index (χ1v) is 7.69. The lowest BCUT2D eigenvalue weighted by molar-refractivity contribution is 0.124. The first-order chi connectivity index (χ1) is 10.7. The van der Waals surface area contributed by atoms with E-state index in [1.807, 2.05) is 24.5 Å². The van der Waals surface area contributed by atoms with Crippen LogP contribution in [-0.2, 0) is 6.42 Å². The molecule has 1 aliphatic rings. The fraction of sp³-hybridized carbons (Fsp3) is 0.333. The van der Waals surface area contributed by atoms with Gasteiger partial charge in [-0.1, -0.05) is 24.3 Å². The molecule has 3 rings (SSSR count). The molecule has 1 saturated heterocycles. The maximum Gasteiger partial charge on any atom is 0.407 e. The van der Waals surface area contributed by atoms with Crippen molar-refractivity contribution in [3.8, 4) is 11.1 Å². The van der Waals surface area contributed by atoms with E-state index in [1.165, 1.54) is 21.6 Å². The Morgan fingerprint density at radius 1 is 1.14 bits per heavy atom. The third-order valence-electron chi connectivity index (χ3n) is 4.35. The third-order valence-corrected chi connectivity index (χ3v) is 4.35. The van der Waals surface area contributed by atoms with Gasteiger partial charge in [0.2, 0.25) is 0 Å². The molecule has 1 N–H and O–H groups in total. The maximum absolute atomic E-state index is 10.9. The van der Waals surface area contributed by atoms with Gasteiger partial charge in [-0.25, -0.2) is 4.79 Å². The van der Waals surface area contributed by atoms with Gasteiger partial charge in [0.05, 0.1) is 0 Å². The highest BCUT2D eigenvalue weighted by molar-refractivity contribution is 5.65. The smallest absolute Gasteiger partial charge is 0.407 e. The van der Waals surface area contributed by atoms with Crippen LogP contribution in [0.15, 0.2) is 48.8 Å². The second-order valence-electron chi connectivity index (χ2n) is 5.85. The first-order valence-electron chi connectivity index (χ1n) is 7.69. The average molecular weight is 296 g/mol. The molecule has 0 aliphatic carbocycles. The van der Waals surface area contributed by atoms with E-state index in [0.717, 1.165) is 19.3 Å². The van der Waals surface area contributed by atoms with Gasteiger partial charge >= 0.3 is 6.09 Å². The molecule has 0 unspecified atom stereocenters. The molecule has 4 nitrogen and oxygen atoms in total. The summed E-state index contributed by atoms with van der Waals surface area (Å²) in [6.45, 7) is 1.31. The van der Waals surface area contributed by atoms with Crippen molar-refractivity contribution in [3.05, 3.63) is 54.4 Å². The second kappa shape index (κ2) is 6.60. The van der Waals surface area contributed by atoms with E-state index in [4.69, 9.17) is 5.11 Å². The number of amides is 1. The normalized spacial score (nSPS) is 15.7. The van der Waals surface area contributed by atoms with E-state index in [9.17, 15) is 4.79 Å². The molecule has 4 heteroatoms. The SMILES string of the molecule is O=C(O)N1CCC(Cc2cccc(-c3ccncc3)c2)CC1. The van der Waals surface area contributed by atoms with Crippen molar-refractivity contribution in [1.82, 2.24) is 9.88 Å². The van der Waals surface area contributed by atoms with Gasteiger partial charge in [-0.05, 0) is 54.0 Å². The summed E-state index contributed by atoms with van der Waals surface area (Å²) in [4.78, 5) is 16.5. The lowest BCUT2D eigenvalue weighted by Crippen LogP contribution is -2.37. The Labute approximate surface area is 130 Å². The molecule has 1 fully saturated rings. The Morgan fingerprint density at radius 2 is 1.86 bits per heavy atom. The molecule has 0 atom stereocenters. The Balaban J connectivity index is 1.66. The van der Waals surface area contributed by atoms with Crippen LogP contribution in [0.2, 0.25) is 0 Å². The van der Waals surface area contributed by atoms with Crippen LogP contribution in [0.25, 0.3) is 11.1 Å². The predicted octanol–water partition coefficient (Wildman–Crippen LogP) is 3.68. The van der Waals surface area contributed by atoms with Crippen LogP contribution in [0.3, 0.4) is 0 Å². The van der Waals surface area contributed by atoms with Crippen molar-refractivity contribution in [1.29, 1.82) is 0 Å². The summed E-state index contributed by atoms with van der Waals surface area (Å²) in [6, 6.07) is 12.6. The molecule has 2 heterocycles. The Bertz CT molecular complexity index is 635. The maximum atomic E-state index is 10.9. The van der Waals surface area contributed by atoms with E-state index >= 15 is 0 Å². The summed E-state index contributed by atoms with van der Waals surface area (Å²) < 4.78 is 0. The largest absolute Gasteiger partial charge is 0.465 e. The molecular formula is C18H20N2O2. The number of aromatic nitrogens is 1. The van der Waals surface area contributed by atoms with E-state index < -0.39 is 6.09 Å². The van der Waals surface area contributed by atoms with Gasteiger partial charge in [-0.2, -0.15) is 0 Å². The van der Waals surface area contributed by atoms with Gasteiger partial charge in [0.15, 0.2) is 0 Å². The zero-order valence-electron chi connectivity index (χ0n) is 12.5. The number of likely N-dealkylation sites (tertiary alicyclic amines) is 1. The fourth-order valence-electron chi connectivity index (χ4n) is 3.08. The van der Waals surface area contributed by atoms with Gasteiger partial charge < -0.3 is 10.0 Å². The number of benzene rings is 1. The molecule has 1 aromatic heterocycles. The van der Waals surface area contributed by atoms with Crippen molar-refractivity contribution < 1.29 is 9.90 Å². The van der Waals surface area contributed by atoms with Gasteiger partial charge in [0.1, 0.15) is 0 Å². The molecule has 1 amide bonds. The quantitative estimate of drug-likeness (QED) is 0.940. The molecule has 1 aromatic carbocycles. The topological polar surface area (TPSA) is 53.4 Å². The van der Waals surface area contributed by atoms with Gasteiger partial charge in [0.25, 0.3) is 0 Å². The lowest BCUT2D eigenvalue weighted by Gasteiger charge is -2.30. The molecular weight excluding hydrogens is 276 g/mol. The summed E-state index contributed by atoms with van der Waals surface area (Å²) >= 11 is 0. The highest BCUT2D eigenvalue weighted by atomic mass is 16.4. The molecule has 0 saturated carbocycles. The average Bonchev–Trinajstić information content (AvgIpc) is 2.56. The number of carbonyl (C=O) groups is 1. The molecule has 1 aliphatic heterocycles. The van der Waals surface area contributed by atoms with Crippen LogP contribution in [0.5, 0.6) is 0 Å². The van der Waals surface area contributed by atoms with Crippen molar-refractivity contribution >= 4 is 6.09 Å². The number of hydrogen-bond acceptors (Lipinski definition) is 2. The molecule has 0 bridgehead atoms.